The van der Waals surface area contributed by atoms with Crippen molar-refractivity contribution in [3.8, 4) is 17.2 Å². The zero-order chi connectivity index (χ0) is 20.3. The van der Waals surface area contributed by atoms with Gasteiger partial charge in [0.1, 0.15) is 29.0 Å². The number of nitrogens with zero attached hydrogens (tertiary/aromatic N) is 1. The summed E-state index contributed by atoms with van der Waals surface area (Å²) < 4.78 is 16.2. The molecule has 0 saturated heterocycles. The van der Waals surface area contributed by atoms with Gasteiger partial charge < -0.3 is 29.5 Å². The van der Waals surface area contributed by atoms with E-state index in [9.17, 15) is 20.1 Å². The molecule has 0 amide bonds. The molecule has 1 aliphatic carbocycles. The highest BCUT2D eigenvalue weighted by molar-refractivity contribution is 5.76. The number of esters is 1. The standard InChI is InChI=1S/C20H21NO7/c1-10-15(18(24)27-3)17(23)19(25)16-14(8-12(22)9-21-16)28-20(10,19)11-4-6-13(26-2)7-5-11/h4-10,15,17,22-23,25H,1-3H3/t10-,15-,17-,19+,20-/m1/s1. The average molecular weight is 387 g/mol. The molecule has 3 N–H and O–H groups in total. The molecule has 1 aromatic carbocycles. The molecule has 148 valence electrons. The van der Waals surface area contributed by atoms with Gasteiger partial charge in [0.15, 0.2) is 11.2 Å². The van der Waals surface area contributed by atoms with Crippen molar-refractivity contribution in [1.29, 1.82) is 0 Å². The summed E-state index contributed by atoms with van der Waals surface area (Å²) in [5.41, 5.74) is -2.94. The molecule has 28 heavy (non-hydrogen) atoms. The van der Waals surface area contributed by atoms with E-state index in [1.54, 1.807) is 31.2 Å². The Morgan fingerprint density at radius 3 is 2.54 bits per heavy atom. The third-order valence-corrected chi connectivity index (χ3v) is 5.98. The minimum Gasteiger partial charge on any atom is -0.506 e. The monoisotopic (exact) mass is 387 g/mol. The van der Waals surface area contributed by atoms with Gasteiger partial charge in [-0.1, -0.05) is 19.1 Å². The molecule has 1 aliphatic heterocycles. The molecule has 2 aromatic rings. The second-order valence-corrected chi connectivity index (χ2v) is 7.16. The van der Waals surface area contributed by atoms with Gasteiger partial charge in [0.2, 0.25) is 0 Å². The highest BCUT2D eigenvalue weighted by atomic mass is 16.5. The molecule has 1 saturated carbocycles. The second kappa shape index (κ2) is 6.08. The Hall–Kier alpha value is -2.84. The number of carbonyl (C=O) groups excluding carboxylic acids is 1. The number of pyridine rings is 1. The Morgan fingerprint density at radius 2 is 1.93 bits per heavy atom. The lowest BCUT2D eigenvalue weighted by atomic mass is 9.74. The first kappa shape index (κ1) is 18.5. The third-order valence-electron chi connectivity index (χ3n) is 5.98. The van der Waals surface area contributed by atoms with E-state index in [1.807, 2.05) is 0 Å². The van der Waals surface area contributed by atoms with Crippen LogP contribution in [-0.4, -0.2) is 46.6 Å². The second-order valence-electron chi connectivity index (χ2n) is 7.16. The molecule has 2 aliphatic rings. The minimum absolute atomic E-state index is 0.0619. The van der Waals surface area contributed by atoms with Gasteiger partial charge in [0.25, 0.3) is 0 Å². The summed E-state index contributed by atoms with van der Waals surface area (Å²) in [5, 5.41) is 32.7. The molecule has 1 aromatic heterocycles. The Balaban J connectivity index is 1.97. The van der Waals surface area contributed by atoms with E-state index in [4.69, 9.17) is 14.2 Å². The van der Waals surface area contributed by atoms with Crippen LogP contribution in [0.2, 0.25) is 0 Å². The number of methoxy groups -OCH3 is 2. The summed E-state index contributed by atoms with van der Waals surface area (Å²) in [4.78, 5) is 16.5. The molecule has 0 bridgehead atoms. The largest absolute Gasteiger partial charge is 0.506 e. The fraction of sp³-hybridized carbons (Fsp3) is 0.400. The molecule has 0 radical (unpaired) electrons. The number of carbonyl (C=O) groups is 1. The lowest BCUT2D eigenvalue weighted by Gasteiger charge is -2.38. The van der Waals surface area contributed by atoms with Crippen LogP contribution >= 0.6 is 0 Å². The number of aliphatic hydroxyl groups is 2. The lowest BCUT2D eigenvalue weighted by Crippen LogP contribution is -2.52. The summed E-state index contributed by atoms with van der Waals surface area (Å²) in [7, 11) is 2.76. The quantitative estimate of drug-likeness (QED) is 0.670. The van der Waals surface area contributed by atoms with Gasteiger partial charge in [0.05, 0.1) is 26.3 Å². The highest BCUT2D eigenvalue weighted by Gasteiger charge is 2.77. The predicted molar refractivity (Wildman–Crippen MR) is 95.8 cm³/mol. The maximum absolute atomic E-state index is 12.4. The van der Waals surface area contributed by atoms with E-state index < -0.39 is 35.1 Å². The molecule has 0 unspecified atom stereocenters. The number of hydrogen-bond donors (Lipinski definition) is 3. The van der Waals surface area contributed by atoms with Crippen molar-refractivity contribution in [2.24, 2.45) is 11.8 Å². The van der Waals surface area contributed by atoms with E-state index in [0.717, 1.165) is 6.20 Å². The SMILES string of the molecule is COC(=O)[C@H]1[C@@H](O)[C@@]2(O)c3ncc(O)cc3O[C@@]2(c2ccc(OC)cc2)[C@@H]1C. The van der Waals surface area contributed by atoms with Crippen LogP contribution < -0.4 is 9.47 Å². The summed E-state index contributed by atoms with van der Waals surface area (Å²) >= 11 is 0. The number of aromatic nitrogens is 1. The van der Waals surface area contributed by atoms with Crippen LogP contribution in [0.5, 0.6) is 17.2 Å². The highest BCUT2D eigenvalue weighted by Crippen LogP contribution is 2.65. The summed E-state index contributed by atoms with van der Waals surface area (Å²) in [5.74, 6) is -1.76. The zero-order valence-electron chi connectivity index (χ0n) is 15.6. The number of ether oxygens (including phenoxy) is 3. The van der Waals surface area contributed by atoms with Crippen LogP contribution in [-0.2, 0) is 20.7 Å². The molecule has 8 nitrogen and oxygen atoms in total. The molecular formula is C20H21NO7. The maximum Gasteiger partial charge on any atom is 0.311 e. The number of aliphatic hydroxyl groups excluding tert-OH is 1. The van der Waals surface area contributed by atoms with E-state index in [1.165, 1.54) is 20.3 Å². The Bertz CT molecular complexity index is 931. The van der Waals surface area contributed by atoms with Crippen LogP contribution in [0.1, 0.15) is 18.2 Å². The number of aromatic hydroxyl groups is 1. The van der Waals surface area contributed by atoms with Gasteiger partial charge in [-0.05, 0) is 17.7 Å². The van der Waals surface area contributed by atoms with Gasteiger partial charge in [0, 0.05) is 12.0 Å². The van der Waals surface area contributed by atoms with E-state index in [-0.39, 0.29) is 17.2 Å². The van der Waals surface area contributed by atoms with Crippen molar-refractivity contribution in [3.05, 3.63) is 47.8 Å². The van der Waals surface area contributed by atoms with Crippen molar-refractivity contribution in [2.75, 3.05) is 14.2 Å². The fourth-order valence-corrected chi connectivity index (χ4v) is 4.66. The number of hydrogen-bond acceptors (Lipinski definition) is 8. The zero-order valence-corrected chi connectivity index (χ0v) is 15.6. The van der Waals surface area contributed by atoms with Crippen molar-refractivity contribution in [3.63, 3.8) is 0 Å². The van der Waals surface area contributed by atoms with Crippen molar-refractivity contribution in [2.45, 2.75) is 24.2 Å². The molecule has 5 atom stereocenters. The molecular weight excluding hydrogens is 366 g/mol. The Labute approximate surface area is 161 Å². The number of fused-ring (bicyclic) bond motifs is 3. The van der Waals surface area contributed by atoms with Crippen LogP contribution in [0.25, 0.3) is 0 Å². The predicted octanol–water partition coefficient (Wildman–Crippen LogP) is 1.07. The van der Waals surface area contributed by atoms with Crippen LogP contribution in [0.4, 0.5) is 0 Å². The molecule has 1 fully saturated rings. The maximum atomic E-state index is 12.4. The molecule has 2 heterocycles. The first-order valence-electron chi connectivity index (χ1n) is 8.82. The van der Waals surface area contributed by atoms with Gasteiger partial charge in [-0.3, -0.25) is 9.78 Å². The van der Waals surface area contributed by atoms with Crippen LogP contribution in [0.15, 0.2) is 36.5 Å². The van der Waals surface area contributed by atoms with Crippen molar-refractivity contribution >= 4 is 5.97 Å². The lowest BCUT2D eigenvalue weighted by molar-refractivity contribution is -0.162. The molecule has 8 heteroatoms. The Kier molecular flexibility index (Phi) is 4.02. The first-order chi connectivity index (χ1) is 13.3. The van der Waals surface area contributed by atoms with Gasteiger partial charge in [-0.15, -0.1) is 0 Å². The molecule has 0 spiro atoms. The van der Waals surface area contributed by atoms with Crippen molar-refractivity contribution in [1.82, 2.24) is 4.98 Å². The number of rotatable bonds is 3. The minimum atomic E-state index is -2.02. The normalized spacial score (nSPS) is 33.0. The van der Waals surface area contributed by atoms with Gasteiger partial charge in [-0.2, -0.15) is 0 Å². The smallest absolute Gasteiger partial charge is 0.311 e. The summed E-state index contributed by atoms with van der Waals surface area (Å²) in [6, 6.07) is 8.14. The fourth-order valence-electron chi connectivity index (χ4n) is 4.66. The molecule has 4 rings (SSSR count). The number of benzene rings is 1. The van der Waals surface area contributed by atoms with E-state index in [0.29, 0.717) is 11.3 Å². The van der Waals surface area contributed by atoms with E-state index >= 15 is 0 Å². The topological polar surface area (TPSA) is 118 Å². The van der Waals surface area contributed by atoms with Gasteiger partial charge >= 0.3 is 5.97 Å². The van der Waals surface area contributed by atoms with Crippen LogP contribution in [0, 0.1) is 11.8 Å². The third kappa shape index (κ3) is 2.07. The van der Waals surface area contributed by atoms with Crippen LogP contribution in [0.3, 0.4) is 0 Å². The average Bonchev–Trinajstić information content (AvgIpc) is 3.05. The summed E-state index contributed by atoms with van der Waals surface area (Å²) in [6.07, 6.45) is -0.372. The van der Waals surface area contributed by atoms with Crippen molar-refractivity contribution < 1.29 is 34.3 Å². The summed E-state index contributed by atoms with van der Waals surface area (Å²) in [6.45, 7) is 1.71. The first-order valence-corrected chi connectivity index (χ1v) is 8.82. The van der Waals surface area contributed by atoms with E-state index in [2.05, 4.69) is 4.98 Å². The Morgan fingerprint density at radius 1 is 1.25 bits per heavy atom. The van der Waals surface area contributed by atoms with Gasteiger partial charge in [-0.25, -0.2) is 0 Å².